The number of hydrogen-bond acceptors (Lipinski definition) is 4. The highest BCUT2D eigenvalue weighted by molar-refractivity contribution is 5.98. The van der Waals surface area contributed by atoms with Crippen LogP contribution in [0.5, 0.6) is 0 Å². The van der Waals surface area contributed by atoms with Gasteiger partial charge in [0.25, 0.3) is 11.8 Å². The highest BCUT2D eigenvalue weighted by Gasteiger charge is 2.31. The maximum Gasteiger partial charge on any atom is 0.289 e. The molecular formula is C20H24N3O4+. The molecule has 1 aliphatic heterocycles. The summed E-state index contributed by atoms with van der Waals surface area (Å²) >= 11 is 0. The largest absolute Gasteiger partial charge is 0.459 e. The molecule has 7 heteroatoms. The van der Waals surface area contributed by atoms with Gasteiger partial charge in [0.15, 0.2) is 17.6 Å². The second kappa shape index (κ2) is 8.18. The van der Waals surface area contributed by atoms with Crippen molar-refractivity contribution >= 4 is 23.3 Å². The van der Waals surface area contributed by atoms with Crippen molar-refractivity contribution in [2.75, 3.05) is 31.5 Å². The summed E-state index contributed by atoms with van der Waals surface area (Å²) in [7, 11) is 0. The predicted octanol–water partition coefficient (Wildman–Crippen LogP) is 0.850. The molecule has 2 heterocycles. The molecular weight excluding hydrogens is 346 g/mol. The fourth-order valence-electron chi connectivity index (χ4n) is 3.24. The number of hydrogen-bond donors (Lipinski definition) is 2. The van der Waals surface area contributed by atoms with Crippen LogP contribution in [0.4, 0.5) is 5.69 Å². The van der Waals surface area contributed by atoms with Crippen LogP contribution in [-0.4, -0.2) is 54.7 Å². The Kier molecular flexibility index (Phi) is 5.71. The molecule has 142 valence electrons. The third kappa shape index (κ3) is 4.43. The predicted molar refractivity (Wildman–Crippen MR) is 99.8 cm³/mol. The first kappa shape index (κ1) is 18.8. The quantitative estimate of drug-likeness (QED) is 0.765. The van der Waals surface area contributed by atoms with Crippen LogP contribution in [-0.2, 0) is 4.79 Å². The number of quaternary nitrogens is 1. The number of anilines is 1. The first-order valence-corrected chi connectivity index (χ1v) is 9.05. The number of Topliss-reactive ketones (excluding diaryl/α,β-unsaturated/α-hetero) is 1. The average Bonchev–Trinajstić information content (AvgIpc) is 3.22. The maximum absolute atomic E-state index is 12.6. The van der Waals surface area contributed by atoms with Gasteiger partial charge in [0.1, 0.15) is 0 Å². The maximum atomic E-state index is 12.6. The molecule has 0 aliphatic carbocycles. The number of ketones is 1. The molecule has 1 saturated heterocycles. The first-order valence-electron chi connectivity index (χ1n) is 9.05. The van der Waals surface area contributed by atoms with E-state index in [4.69, 9.17) is 4.42 Å². The minimum atomic E-state index is -0.258. The molecule has 1 aromatic heterocycles. The van der Waals surface area contributed by atoms with Gasteiger partial charge >= 0.3 is 0 Å². The Labute approximate surface area is 157 Å². The van der Waals surface area contributed by atoms with E-state index < -0.39 is 0 Å². The van der Waals surface area contributed by atoms with Crippen LogP contribution in [0.2, 0.25) is 0 Å². The summed E-state index contributed by atoms with van der Waals surface area (Å²) in [5, 5.41) is 2.88. The van der Waals surface area contributed by atoms with Gasteiger partial charge in [-0.2, -0.15) is 0 Å². The van der Waals surface area contributed by atoms with Gasteiger partial charge in [0, 0.05) is 11.3 Å². The Morgan fingerprint density at radius 2 is 1.89 bits per heavy atom. The van der Waals surface area contributed by atoms with Crippen molar-refractivity contribution in [2.45, 2.75) is 19.9 Å². The average molecular weight is 370 g/mol. The molecule has 0 spiro atoms. The summed E-state index contributed by atoms with van der Waals surface area (Å²) < 4.78 is 5.17. The van der Waals surface area contributed by atoms with Gasteiger partial charge in [-0.05, 0) is 38.1 Å². The number of nitrogens with zero attached hydrogens (tertiary/aromatic N) is 1. The van der Waals surface area contributed by atoms with Gasteiger partial charge in [-0.3, -0.25) is 14.4 Å². The van der Waals surface area contributed by atoms with Crippen molar-refractivity contribution < 1.29 is 23.7 Å². The van der Waals surface area contributed by atoms with E-state index in [2.05, 4.69) is 5.32 Å². The highest BCUT2D eigenvalue weighted by atomic mass is 16.3. The van der Waals surface area contributed by atoms with E-state index in [1.807, 2.05) is 6.92 Å². The van der Waals surface area contributed by atoms with Crippen LogP contribution in [0.15, 0.2) is 47.1 Å². The van der Waals surface area contributed by atoms with Crippen LogP contribution in [0.3, 0.4) is 0 Å². The minimum absolute atomic E-state index is 0.0397. The van der Waals surface area contributed by atoms with E-state index in [0.29, 0.717) is 43.2 Å². The van der Waals surface area contributed by atoms with Crippen molar-refractivity contribution in [2.24, 2.45) is 0 Å². The number of carbonyl (C=O) groups excluding carboxylic acids is 3. The SMILES string of the molecule is CC(=O)c1cccc(NC(=O)[C@@H](C)[NH+]2CCN(C(=O)c3ccco3)CC2)c1. The molecule has 0 saturated carbocycles. The summed E-state index contributed by atoms with van der Waals surface area (Å²) in [4.78, 5) is 39.3. The highest BCUT2D eigenvalue weighted by Crippen LogP contribution is 2.11. The second-order valence-corrected chi connectivity index (χ2v) is 6.78. The van der Waals surface area contributed by atoms with Gasteiger partial charge in [0.05, 0.1) is 32.4 Å². The van der Waals surface area contributed by atoms with Crippen LogP contribution in [0, 0.1) is 0 Å². The lowest BCUT2D eigenvalue weighted by atomic mass is 10.1. The number of rotatable bonds is 5. The summed E-state index contributed by atoms with van der Waals surface area (Å²) in [6.07, 6.45) is 1.49. The molecule has 0 unspecified atom stereocenters. The molecule has 1 atom stereocenters. The molecule has 2 aromatic rings. The van der Waals surface area contributed by atoms with Crippen molar-refractivity contribution in [3.05, 3.63) is 54.0 Å². The zero-order valence-electron chi connectivity index (χ0n) is 15.5. The Hall–Kier alpha value is -2.93. The lowest BCUT2D eigenvalue weighted by molar-refractivity contribution is -0.917. The minimum Gasteiger partial charge on any atom is -0.459 e. The second-order valence-electron chi connectivity index (χ2n) is 6.78. The van der Waals surface area contributed by atoms with E-state index in [9.17, 15) is 14.4 Å². The smallest absolute Gasteiger partial charge is 0.289 e. The number of carbonyl (C=O) groups is 3. The van der Waals surface area contributed by atoms with Crippen LogP contribution in [0.1, 0.15) is 34.8 Å². The van der Waals surface area contributed by atoms with Gasteiger partial charge in [0.2, 0.25) is 0 Å². The summed E-state index contributed by atoms with van der Waals surface area (Å²) in [5.74, 6) is 0.0884. The molecule has 2 N–H and O–H groups in total. The summed E-state index contributed by atoms with van der Waals surface area (Å²) in [6.45, 7) is 5.91. The number of nitrogens with one attached hydrogen (secondary N) is 2. The van der Waals surface area contributed by atoms with Crippen molar-refractivity contribution in [3.63, 3.8) is 0 Å². The molecule has 27 heavy (non-hydrogen) atoms. The number of amides is 2. The van der Waals surface area contributed by atoms with E-state index in [1.54, 1.807) is 41.3 Å². The number of furan rings is 1. The first-order chi connectivity index (χ1) is 13.0. The Morgan fingerprint density at radius 3 is 2.52 bits per heavy atom. The molecule has 1 fully saturated rings. The van der Waals surface area contributed by atoms with Crippen LogP contribution < -0.4 is 10.2 Å². The Morgan fingerprint density at radius 1 is 1.15 bits per heavy atom. The summed E-state index contributed by atoms with van der Waals surface area (Å²) in [5.41, 5.74) is 1.18. The van der Waals surface area contributed by atoms with Gasteiger partial charge < -0.3 is 19.5 Å². The lowest BCUT2D eigenvalue weighted by Crippen LogP contribution is -3.19. The molecule has 7 nitrogen and oxygen atoms in total. The standard InChI is InChI=1S/C20H23N3O4/c1-14(19(25)21-17-6-3-5-16(13-17)15(2)24)22-8-10-23(11-9-22)20(26)18-7-4-12-27-18/h3-7,12-14H,8-11H2,1-2H3,(H,21,25)/p+1/t14-/m1/s1. The topological polar surface area (TPSA) is 84.1 Å². The normalized spacial score (nSPS) is 16.0. The van der Waals surface area contributed by atoms with E-state index in [1.165, 1.54) is 13.2 Å². The van der Waals surface area contributed by atoms with E-state index >= 15 is 0 Å². The van der Waals surface area contributed by atoms with Gasteiger partial charge in [-0.15, -0.1) is 0 Å². The van der Waals surface area contributed by atoms with E-state index in [-0.39, 0.29) is 23.6 Å². The summed E-state index contributed by atoms with van der Waals surface area (Å²) in [6, 6.07) is 10.0. The van der Waals surface area contributed by atoms with Crippen LogP contribution in [0.25, 0.3) is 0 Å². The van der Waals surface area contributed by atoms with Crippen molar-refractivity contribution in [1.82, 2.24) is 4.90 Å². The molecule has 3 rings (SSSR count). The Bertz CT molecular complexity index is 824. The monoisotopic (exact) mass is 370 g/mol. The third-order valence-corrected chi connectivity index (χ3v) is 4.97. The molecule has 0 bridgehead atoms. The molecule has 0 radical (unpaired) electrons. The number of piperazine rings is 1. The van der Waals surface area contributed by atoms with Crippen molar-refractivity contribution in [3.8, 4) is 0 Å². The van der Waals surface area contributed by atoms with Crippen LogP contribution >= 0.6 is 0 Å². The third-order valence-electron chi connectivity index (χ3n) is 4.97. The Balaban J connectivity index is 1.55. The fraction of sp³-hybridized carbons (Fsp3) is 0.350. The van der Waals surface area contributed by atoms with Gasteiger partial charge in [-0.25, -0.2) is 0 Å². The molecule has 1 aliphatic rings. The van der Waals surface area contributed by atoms with Gasteiger partial charge in [-0.1, -0.05) is 12.1 Å². The van der Waals surface area contributed by atoms with E-state index in [0.717, 1.165) is 4.90 Å². The molecule has 1 aromatic carbocycles. The zero-order chi connectivity index (χ0) is 19.4. The van der Waals surface area contributed by atoms with Crippen molar-refractivity contribution in [1.29, 1.82) is 0 Å². The molecule has 2 amide bonds. The fourth-order valence-corrected chi connectivity index (χ4v) is 3.24. The lowest BCUT2D eigenvalue weighted by Gasteiger charge is -2.34. The number of benzene rings is 1. The zero-order valence-corrected chi connectivity index (χ0v) is 15.5.